The Labute approximate surface area is 469 Å². The molecule has 10 aromatic carbocycles. The van der Waals surface area contributed by atoms with Crippen LogP contribution >= 0.6 is 0 Å². The number of aliphatic imine (C=N–C) groups is 4. The first kappa shape index (κ1) is 47.2. The highest BCUT2D eigenvalue weighted by atomic mass is 28.5. The third-order valence-corrected chi connectivity index (χ3v) is 29.4. The van der Waals surface area contributed by atoms with Gasteiger partial charge >= 0.3 is 8.88 Å². The van der Waals surface area contributed by atoms with Gasteiger partial charge in [-0.05, 0) is 31.1 Å². The molecule has 0 unspecified atom stereocenters. The van der Waals surface area contributed by atoms with Crippen molar-refractivity contribution in [3.8, 4) is 0 Å². The van der Waals surface area contributed by atoms with Crippen molar-refractivity contribution in [2.75, 3.05) is 0 Å². The van der Waals surface area contributed by atoms with E-state index in [1.54, 1.807) is 0 Å². The fraction of sp³-hybridized carbons (Fsp3) is 0. The standard InChI is InChI=1S/C68H46N8O2Si3/c1-7-27-47(28-8-1)79(48-29-9-2-10-30-48,49-31-11-3-12-32-49)77-81(78-80(50-33-13-4-14-34-50,51-35-15-5-16-36-51)52-37-17-6-18-38-52)75-65-57-43-23-24-44-58(57)67(75)73-63-55-41-21-22-42-56(55)64(70-63)74-68-60-46-26-25-45-59(60)66(76(68)81)72-62-54-40-20-19-39-53(54)61(69-62)71-65/h1-46H/b71-61-,71-65?,72-62?,72-66-,73-63-,73-67?,74-64?,74-68-. The van der Waals surface area contributed by atoms with Crippen LogP contribution in [0.3, 0.4) is 0 Å². The molecule has 0 N–H and O–H groups in total. The molecule has 4 aliphatic rings. The monoisotopic (exact) mass is 1090 g/mol. The lowest BCUT2D eigenvalue weighted by Crippen LogP contribution is -2.83. The lowest BCUT2D eigenvalue weighted by molar-refractivity contribution is 0.353. The number of benzene rings is 10. The van der Waals surface area contributed by atoms with Crippen LogP contribution < -0.4 is 42.1 Å². The Morgan fingerprint density at radius 3 is 0.790 bits per heavy atom. The SMILES string of the molecule is c1ccc([Si](O[Si]2(O[Si](c3ccccc3)(c3ccccc3)c3ccccc3)n3c4c5ccccc5c3/N=C3N=C(/N=c5/c6ccccc6/c(n52)=N/C2=NC(=N\4)/c4ccccc42)c2ccccc2\3)(c2ccccc2)c2ccccc2)cc1. The van der Waals surface area contributed by atoms with Gasteiger partial charge < -0.3 is 8.23 Å². The van der Waals surface area contributed by atoms with Gasteiger partial charge in [-0.15, -0.1) is 0 Å². The zero-order valence-electron chi connectivity index (χ0n) is 43.5. The zero-order chi connectivity index (χ0) is 53.5. The molecule has 16 rings (SSSR count). The maximum Gasteiger partial charge on any atom is 0.583 e. The summed E-state index contributed by atoms with van der Waals surface area (Å²) >= 11 is 0. The molecule has 0 fully saturated rings. The normalized spacial score (nSPS) is 16.7. The third kappa shape index (κ3) is 7.10. The number of amidine groups is 4. The van der Waals surface area contributed by atoms with Gasteiger partial charge in [-0.3, -0.25) is 8.47 Å². The first-order chi connectivity index (χ1) is 40.1. The molecule has 0 aliphatic carbocycles. The molecule has 4 aliphatic heterocycles. The fourth-order valence-corrected chi connectivity index (χ4v) is 28.4. The van der Waals surface area contributed by atoms with E-state index in [2.05, 4.69) is 263 Å². The summed E-state index contributed by atoms with van der Waals surface area (Å²) in [6.45, 7) is 0. The van der Waals surface area contributed by atoms with E-state index in [4.69, 9.17) is 30.0 Å². The average molecular weight is 1090 g/mol. The summed E-state index contributed by atoms with van der Waals surface area (Å²) in [6, 6.07) is 97.9. The molecule has 13 heteroatoms. The third-order valence-electron chi connectivity index (χ3n) is 16.0. The minimum atomic E-state index is -5.13. The van der Waals surface area contributed by atoms with Crippen LogP contribution in [0.5, 0.6) is 0 Å². The average Bonchev–Trinajstić information content (AvgIpc) is 4.21. The molecule has 2 aromatic heterocycles. The number of fused-ring (bicyclic) bond motifs is 14. The van der Waals surface area contributed by atoms with Gasteiger partial charge in [-0.25, -0.2) is 30.0 Å². The molecule has 81 heavy (non-hydrogen) atoms. The van der Waals surface area contributed by atoms with E-state index in [0.717, 1.165) is 74.9 Å². The van der Waals surface area contributed by atoms with E-state index >= 15 is 0 Å². The van der Waals surface area contributed by atoms with Crippen LogP contribution in [0.1, 0.15) is 22.3 Å². The van der Waals surface area contributed by atoms with Crippen molar-refractivity contribution in [3.63, 3.8) is 0 Å². The van der Waals surface area contributed by atoms with Crippen molar-refractivity contribution < 1.29 is 8.23 Å². The summed E-state index contributed by atoms with van der Waals surface area (Å²) in [6.07, 6.45) is 0. The van der Waals surface area contributed by atoms with Crippen molar-refractivity contribution in [1.29, 1.82) is 0 Å². The second-order valence-electron chi connectivity index (χ2n) is 20.4. The highest BCUT2D eigenvalue weighted by Gasteiger charge is 2.64. The molecule has 0 saturated carbocycles. The molecule has 6 bridgehead atoms. The Morgan fingerprint density at radius 2 is 0.494 bits per heavy atom. The molecule has 0 saturated heterocycles. The summed E-state index contributed by atoms with van der Waals surface area (Å²) in [5, 5.41) is 9.37. The van der Waals surface area contributed by atoms with Crippen LogP contribution in [-0.2, 0) is 8.23 Å². The molecular weight excluding hydrogens is 1050 g/mol. The Bertz CT molecular complexity index is 4270. The summed E-state index contributed by atoms with van der Waals surface area (Å²) < 4.78 is 23.4. The first-order valence-corrected chi connectivity index (χ1v) is 32.6. The number of aromatic nitrogens is 2. The van der Waals surface area contributed by atoms with Crippen LogP contribution in [0.25, 0.3) is 21.5 Å². The van der Waals surface area contributed by atoms with Crippen LogP contribution in [0.2, 0.25) is 0 Å². The Kier molecular flexibility index (Phi) is 10.8. The fourth-order valence-electron chi connectivity index (χ4n) is 12.4. The second-order valence-corrected chi connectivity index (χ2v) is 30.2. The van der Waals surface area contributed by atoms with E-state index in [0.29, 0.717) is 46.0 Å². The molecule has 382 valence electrons. The Morgan fingerprint density at radius 1 is 0.247 bits per heavy atom. The lowest BCUT2D eigenvalue weighted by Gasteiger charge is -2.47. The minimum absolute atomic E-state index is 0.513. The van der Waals surface area contributed by atoms with Gasteiger partial charge in [0.05, 0.1) is 0 Å². The number of rotatable bonds is 10. The van der Waals surface area contributed by atoms with E-state index in [1.807, 2.05) is 24.3 Å². The van der Waals surface area contributed by atoms with Crippen molar-refractivity contribution >= 4 is 113 Å². The number of nitrogens with zero attached hydrogens (tertiary/aromatic N) is 8. The quantitative estimate of drug-likeness (QED) is 0.101. The van der Waals surface area contributed by atoms with Gasteiger partial charge in [0.1, 0.15) is 22.6 Å². The lowest BCUT2D eigenvalue weighted by atomic mass is 10.1. The molecule has 0 spiro atoms. The van der Waals surface area contributed by atoms with Crippen molar-refractivity contribution in [3.05, 3.63) is 312 Å². The molecule has 0 radical (unpaired) electrons. The van der Waals surface area contributed by atoms with Crippen LogP contribution in [0.4, 0.5) is 11.6 Å². The summed E-state index contributed by atoms with van der Waals surface area (Å²) in [7, 11) is -13.2. The highest BCUT2D eigenvalue weighted by Crippen LogP contribution is 2.45. The van der Waals surface area contributed by atoms with E-state index in [1.165, 1.54) is 0 Å². The predicted octanol–water partition coefficient (Wildman–Crippen LogP) is 8.74. The van der Waals surface area contributed by atoms with Crippen LogP contribution in [0, 0.1) is 0 Å². The molecule has 0 atom stereocenters. The summed E-state index contributed by atoms with van der Waals surface area (Å²) in [5.74, 6) is 3.18. The zero-order valence-corrected chi connectivity index (χ0v) is 46.5. The molecule has 0 amide bonds. The van der Waals surface area contributed by atoms with Crippen molar-refractivity contribution in [2.24, 2.45) is 30.0 Å². The first-order valence-electron chi connectivity index (χ1n) is 27.1. The topological polar surface area (TPSA) is 102 Å². The van der Waals surface area contributed by atoms with Crippen LogP contribution in [-0.4, -0.2) is 57.3 Å². The van der Waals surface area contributed by atoms with Crippen molar-refractivity contribution in [2.45, 2.75) is 0 Å². The molecular formula is C68H46N8O2Si3. The molecule has 6 heterocycles. The van der Waals surface area contributed by atoms with Crippen molar-refractivity contribution in [1.82, 2.24) is 8.47 Å². The number of hydrogen-bond donors (Lipinski definition) is 0. The summed E-state index contributed by atoms with van der Waals surface area (Å²) in [4.78, 5) is 34.5. The van der Waals surface area contributed by atoms with Gasteiger partial charge in [0, 0.05) is 43.8 Å². The van der Waals surface area contributed by atoms with E-state index in [-0.39, 0.29) is 0 Å². The van der Waals surface area contributed by atoms with E-state index < -0.39 is 25.5 Å². The highest BCUT2D eigenvalue weighted by molar-refractivity contribution is 7.13. The van der Waals surface area contributed by atoms with Gasteiger partial charge in [0.25, 0.3) is 16.6 Å². The van der Waals surface area contributed by atoms with Crippen LogP contribution in [0.15, 0.2) is 309 Å². The van der Waals surface area contributed by atoms with Gasteiger partial charge in [-0.1, -0.05) is 279 Å². The predicted molar refractivity (Wildman–Crippen MR) is 331 cm³/mol. The maximum absolute atomic E-state index is 9.46. The summed E-state index contributed by atoms with van der Waals surface area (Å²) in [5.41, 5.74) is 4.55. The smallest absolute Gasteiger partial charge is 0.391 e. The maximum atomic E-state index is 9.46. The number of hydrogen-bond acceptors (Lipinski definition) is 8. The minimum Gasteiger partial charge on any atom is -0.391 e. The van der Waals surface area contributed by atoms with Gasteiger partial charge in [0.2, 0.25) is 0 Å². The second kappa shape index (κ2) is 18.6. The molecule has 10 nitrogen and oxygen atoms in total. The van der Waals surface area contributed by atoms with Gasteiger partial charge in [-0.2, -0.15) is 0 Å². The Balaban J connectivity index is 1.23. The van der Waals surface area contributed by atoms with Gasteiger partial charge in [0.15, 0.2) is 23.3 Å². The molecule has 12 aromatic rings. The van der Waals surface area contributed by atoms with E-state index in [9.17, 15) is 8.23 Å². The Hall–Kier alpha value is -9.87. The largest absolute Gasteiger partial charge is 0.583 e.